The second-order valence-corrected chi connectivity index (χ2v) is 10.1. The van der Waals surface area contributed by atoms with Crippen molar-refractivity contribution in [3.63, 3.8) is 0 Å². The summed E-state index contributed by atoms with van der Waals surface area (Å²) in [4.78, 5) is 19.4. The van der Waals surface area contributed by atoms with Crippen LogP contribution in [0.5, 0.6) is 0 Å². The van der Waals surface area contributed by atoms with Crippen molar-refractivity contribution < 1.29 is 0 Å². The van der Waals surface area contributed by atoms with E-state index in [1.165, 1.54) is 0 Å². The molecule has 5 aromatic carbocycles. The summed E-state index contributed by atoms with van der Waals surface area (Å²) in [5.74, 6) is 1.70. The lowest BCUT2D eigenvalue weighted by Crippen LogP contribution is -2.00. The lowest BCUT2D eigenvalue weighted by molar-refractivity contribution is 1.07. The predicted molar refractivity (Wildman–Crippen MR) is 157 cm³/mol. The highest BCUT2D eigenvalue weighted by atomic mass is 32.1. The highest BCUT2D eigenvalue weighted by molar-refractivity contribution is 7.22. The number of rotatable bonds is 4. The van der Waals surface area contributed by atoms with Crippen LogP contribution in [0, 0.1) is 11.3 Å². The summed E-state index contributed by atoms with van der Waals surface area (Å²) >= 11 is 1.71. The van der Waals surface area contributed by atoms with Crippen molar-refractivity contribution in [1.82, 2.24) is 19.9 Å². The van der Waals surface area contributed by atoms with Crippen LogP contribution >= 0.6 is 11.3 Å². The zero-order chi connectivity index (χ0) is 26.2. The van der Waals surface area contributed by atoms with Crippen LogP contribution in [0.1, 0.15) is 5.56 Å². The topological polar surface area (TPSA) is 75.3 Å². The molecule has 2 aromatic heterocycles. The Bertz CT molecular complexity index is 2030. The quantitative estimate of drug-likeness (QED) is 0.235. The molecule has 0 fully saturated rings. The number of aromatic nitrogens is 4. The summed E-state index contributed by atoms with van der Waals surface area (Å²) in [6.45, 7) is 0. The standard InChI is InChI=1S/C33H19N5S/c34-20-21-8-7-13-25(18-21)31-36-30(22-9-3-1-4-10-22)37-32(38-31)26-14-16-27-24(19-26)15-17-28-29(27)39-33(35-28)23-11-5-2-6-12-23/h1-19H. The van der Waals surface area contributed by atoms with Crippen molar-refractivity contribution in [2.24, 2.45) is 0 Å². The van der Waals surface area contributed by atoms with Gasteiger partial charge >= 0.3 is 0 Å². The summed E-state index contributed by atoms with van der Waals surface area (Å²) in [7, 11) is 0. The summed E-state index contributed by atoms with van der Waals surface area (Å²) in [6.07, 6.45) is 0. The van der Waals surface area contributed by atoms with Crippen molar-refractivity contribution >= 4 is 32.3 Å². The Balaban J connectivity index is 1.37. The third-order valence-corrected chi connectivity index (χ3v) is 7.72. The van der Waals surface area contributed by atoms with Gasteiger partial charge in [0.1, 0.15) is 5.01 Å². The van der Waals surface area contributed by atoms with Crippen LogP contribution in [0.4, 0.5) is 0 Å². The van der Waals surface area contributed by atoms with Gasteiger partial charge in [-0.3, -0.25) is 0 Å². The molecule has 182 valence electrons. The first-order valence-corrected chi connectivity index (χ1v) is 13.3. The van der Waals surface area contributed by atoms with Crippen molar-refractivity contribution in [3.8, 4) is 50.8 Å². The number of nitriles is 1. The molecule has 0 amide bonds. The Labute approximate surface area is 228 Å². The van der Waals surface area contributed by atoms with Crippen molar-refractivity contribution in [3.05, 3.63) is 121 Å². The fourth-order valence-corrected chi connectivity index (χ4v) is 5.74. The van der Waals surface area contributed by atoms with Crippen molar-refractivity contribution in [2.45, 2.75) is 0 Å². The summed E-state index contributed by atoms with van der Waals surface area (Å²) in [6, 6.07) is 40.2. The minimum Gasteiger partial charge on any atom is -0.236 e. The molecular formula is C33H19N5S. The molecule has 0 bridgehead atoms. The Kier molecular flexibility index (Phi) is 5.62. The number of fused-ring (bicyclic) bond motifs is 3. The fourth-order valence-electron chi connectivity index (χ4n) is 4.64. The molecule has 0 aliphatic rings. The van der Waals surface area contributed by atoms with Crippen LogP contribution in [0.2, 0.25) is 0 Å². The van der Waals surface area contributed by atoms with E-state index in [-0.39, 0.29) is 0 Å². The maximum absolute atomic E-state index is 9.41. The first-order valence-electron chi connectivity index (χ1n) is 12.5. The monoisotopic (exact) mass is 517 g/mol. The van der Waals surface area contributed by atoms with E-state index in [2.05, 4.69) is 48.5 Å². The lowest BCUT2D eigenvalue weighted by Gasteiger charge is -2.09. The average Bonchev–Trinajstić information content (AvgIpc) is 3.47. The molecule has 0 N–H and O–H groups in total. The molecular weight excluding hydrogens is 498 g/mol. The molecule has 6 heteroatoms. The summed E-state index contributed by atoms with van der Waals surface area (Å²) in [5.41, 5.74) is 5.24. The van der Waals surface area contributed by atoms with E-state index in [0.29, 0.717) is 23.0 Å². The molecule has 0 aliphatic heterocycles. The number of nitrogens with zero attached hydrogens (tertiary/aromatic N) is 5. The van der Waals surface area contributed by atoms with Gasteiger partial charge in [-0.1, -0.05) is 91.0 Å². The van der Waals surface area contributed by atoms with E-state index in [1.807, 2.05) is 60.7 Å². The van der Waals surface area contributed by atoms with Gasteiger partial charge in [0.25, 0.3) is 0 Å². The number of thiazole rings is 1. The molecule has 7 aromatic rings. The molecule has 0 saturated heterocycles. The Morgan fingerprint density at radius 3 is 1.90 bits per heavy atom. The smallest absolute Gasteiger partial charge is 0.164 e. The second-order valence-electron chi connectivity index (χ2n) is 9.10. The third-order valence-electron chi connectivity index (χ3n) is 6.57. The van der Waals surface area contributed by atoms with E-state index in [1.54, 1.807) is 23.5 Å². The van der Waals surface area contributed by atoms with Gasteiger partial charge in [0.05, 0.1) is 21.8 Å². The lowest BCUT2D eigenvalue weighted by atomic mass is 10.1. The number of hydrogen-bond acceptors (Lipinski definition) is 6. The maximum Gasteiger partial charge on any atom is 0.164 e. The summed E-state index contributed by atoms with van der Waals surface area (Å²) in [5, 5.41) is 12.7. The van der Waals surface area contributed by atoms with Crippen LogP contribution < -0.4 is 0 Å². The third kappa shape index (κ3) is 4.31. The van der Waals surface area contributed by atoms with Gasteiger partial charge in [0.15, 0.2) is 17.5 Å². The van der Waals surface area contributed by atoms with Gasteiger partial charge in [-0.05, 0) is 29.7 Å². The van der Waals surface area contributed by atoms with E-state index < -0.39 is 0 Å². The fraction of sp³-hybridized carbons (Fsp3) is 0. The number of hydrogen-bond donors (Lipinski definition) is 0. The molecule has 0 aliphatic carbocycles. The molecule has 5 nitrogen and oxygen atoms in total. The minimum absolute atomic E-state index is 0.529. The first-order chi connectivity index (χ1) is 19.2. The van der Waals surface area contributed by atoms with E-state index in [0.717, 1.165) is 48.3 Å². The minimum atomic E-state index is 0.529. The molecule has 7 rings (SSSR count). The van der Waals surface area contributed by atoms with E-state index in [4.69, 9.17) is 19.9 Å². The molecule has 0 spiro atoms. The normalized spacial score (nSPS) is 11.1. The molecule has 0 radical (unpaired) electrons. The van der Waals surface area contributed by atoms with Crippen LogP contribution in [0.25, 0.3) is 65.7 Å². The molecule has 0 saturated carbocycles. The van der Waals surface area contributed by atoms with Gasteiger partial charge in [-0.25, -0.2) is 19.9 Å². The van der Waals surface area contributed by atoms with Crippen molar-refractivity contribution in [1.29, 1.82) is 5.26 Å². The Hall–Kier alpha value is -5.25. The Morgan fingerprint density at radius 2 is 1.18 bits per heavy atom. The van der Waals surface area contributed by atoms with E-state index >= 15 is 0 Å². The number of benzene rings is 5. The highest BCUT2D eigenvalue weighted by Crippen LogP contribution is 2.36. The average molecular weight is 518 g/mol. The SMILES string of the molecule is N#Cc1cccc(-c2nc(-c3ccccc3)nc(-c3ccc4c(ccc5nc(-c6ccccc6)sc54)c3)n2)c1. The zero-order valence-electron chi connectivity index (χ0n) is 20.6. The van der Waals surface area contributed by atoms with E-state index in [9.17, 15) is 5.26 Å². The molecule has 2 heterocycles. The van der Waals surface area contributed by atoms with Crippen LogP contribution in [-0.4, -0.2) is 19.9 Å². The molecule has 0 unspecified atom stereocenters. The maximum atomic E-state index is 9.41. The second kappa shape index (κ2) is 9.56. The van der Waals surface area contributed by atoms with Gasteiger partial charge in [-0.15, -0.1) is 11.3 Å². The highest BCUT2D eigenvalue weighted by Gasteiger charge is 2.14. The zero-order valence-corrected chi connectivity index (χ0v) is 21.4. The van der Waals surface area contributed by atoms with Crippen LogP contribution in [0.3, 0.4) is 0 Å². The largest absolute Gasteiger partial charge is 0.236 e. The van der Waals surface area contributed by atoms with Crippen LogP contribution in [-0.2, 0) is 0 Å². The summed E-state index contributed by atoms with van der Waals surface area (Å²) < 4.78 is 1.16. The molecule has 0 atom stereocenters. The van der Waals surface area contributed by atoms with Gasteiger partial charge in [0.2, 0.25) is 0 Å². The molecule has 39 heavy (non-hydrogen) atoms. The van der Waals surface area contributed by atoms with Crippen molar-refractivity contribution in [2.75, 3.05) is 0 Å². The Morgan fingerprint density at radius 1 is 0.538 bits per heavy atom. The predicted octanol–water partition coefficient (Wildman–Crippen LogP) is 8.17. The van der Waals surface area contributed by atoms with Crippen LogP contribution in [0.15, 0.2) is 115 Å². The first kappa shape index (κ1) is 22.9. The van der Waals surface area contributed by atoms with Gasteiger partial charge in [0, 0.05) is 27.6 Å². The van der Waals surface area contributed by atoms with Gasteiger partial charge < -0.3 is 0 Å². The van der Waals surface area contributed by atoms with Gasteiger partial charge in [-0.2, -0.15) is 5.26 Å².